The largest absolute Gasteiger partial charge is 0.373 e. The first-order valence-electron chi connectivity index (χ1n) is 8.50. The molecule has 2 saturated heterocycles. The summed E-state index contributed by atoms with van der Waals surface area (Å²) in [5.41, 5.74) is 2.64. The summed E-state index contributed by atoms with van der Waals surface area (Å²) in [5.74, 6) is -0.178. The summed E-state index contributed by atoms with van der Waals surface area (Å²) < 4.78 is 20.5. The number of rotatable bonds is 4. The van der Waals surface area contributed by atoms with Gasteiger partial charge in [-0.15, -0.1) is 12.4 Å². The molecule has 24 heavy (non-hydrogen) atoms. The molecule has 3 atom stereocenters. The Bertz CT molecular complexity index is 667. The van der Waals surface area contributed by atoms with Crippen LogP contribution < -0.4 is 5.32 Å². The number of ether oxygens (including phenoxy) is 1. The molecule has 2 bridgehead atoms. The van der Waals surface area contributed by atoms with Gasteiger partial charge in [-0.25, -0.2) is 4.39 Å². The van der Waals surface area contributed by atoms with Gasteiger partial charge < -0.3 is 10.1 Å². The van der Waals surface area contributed by atoms with Crippen molar-refractivity contribution in [2.45, 2.75) is 50.5 Å². The normalized spacial score (nSPS) is 25.3. The van der Waals surface area contributed by atoms with Crippen LogP contribution in [0.5, 0.6) is 0 Å². The zero-order chi connectivity index (χ0) is 15.6. The molecule has 4 rings (SSSR count). The van der Waals surface area contributed by atoms with E-state index in [0.29, 0.717) is 24.3 Å². The summed E-state index contributed by atoms with van der Waals surface area (Å²) in [6.45, 7) is 0.348. The van der Waals surface area contributed by atoms with E-state index >= 15 is 0 Å². The lowest BCUT2D eigenvalue weighted by Crippen LogP contribution is -2.41. The Morgan fingerprint density at radius 1 is 0.958 bits per heavy atom. The van der Waals surface area contributed by atoms with Crippen LogP contribution in [0.4, 0.5) is 4.39 Å². The van der Waals surface area contributed by atoms with Crippen LogP contribution in [0.15, 0.2) is 48.5 Å². The van der Waals surface area contributed by atoms with Gasteiger partial charge in [0.05, 0.1) is 12.7 Å². The summed E-state index contributed by atoms with van der Waals surface area (Å²) in [4.78, 5) is 0. The molecule has 0 spiro atoms. The topological polar surface area (TPSA) is 21.3 Å². The van der Waals surface area contributed by atoms with Gasteiger partial charge in [0.25, 0.3) is 0 Å². The molecule has 1 unspecified atom stereocenters. The molecule has 2 aliphatic rings. The van der Waals surface area contributed by atoms with Crippen molar-refractivity contribution in [3.05, 3.63) is 59.9 Å². The Labute approximate surface area is 148 Å². The quantitative estimate of drug-likeness (QED) is 0.864. The summed E-state index contributed by atoms with van der Waals surface area (Å²) in [6, 6.07) is 16.4. The molecule has 2 fully saturated rings. The third-order valence-corrected chi connectivity index (χ3v) is 5.10. The average Bonchev–Trinajstić information content (AvgIpc) is 2.93. The van der Waals surface area contributed by atoms with E-state index in [9.17, 15) is 4.39 Å². The van der Waals surface area contributed by atoms with Gasteiger partial charge in [-0.1, -0.05) is 42.5 Å². The van der Waals surface area contributed by atoms with Crippen LogP contribution in [0.25, 0.3) is 11.1 Å². The van der Waals surface area contributed by atoms with Crippen molar-refractivity contribution in [2.75, 3.05) is 0 Å². The van der Waals surface area contributed by atoms with Gasteiger partial charge in [-0.3, -0.25) is 0 Å². The van der Waals surface area contributed by atoms with Crippen LogP contribution in [0, 0.1) is 5.82 Å². The average molecular weight is 348 g/mol. The molecular formula is C20H23ClFNO. The van der Waals surface area contributed by atoms with E-state index in [1.54, 1.807) is 6.07 Å². The van der Waals surface area contributed by atoms with Gasteiger partial charge in [0.1, 0.15) is 5.82 Å². The summed E-state index contributed by atoms with van der Waals surface area (Å²) in [5, 5.41) is 3.61. The molecule has 128 valence electrons. The molecule has 4 heteroatoms. The summed E-state index contributed by atoms with van der Waals surface area (Å²) >= 11 is 0. The molecular weight excluding hydrogens is 325 g/mol. The van der Waals surface area contributed by atoms with Crippen LogP contribution in [0.3, 0.4) is 0 Å². The maximum atomic E-state index is 14.4. The number of hydrogen-bond acceptors (Lipinski definition) is 2. The van der Waals surface area contributed by atoms with Crippen molar-refractivity contribution in [3.8, 4) is 11.1 Å². The smallest absolute Gasteiger partial charge is 0.129 e. The number of halogens is 2. The minimum absolute atomic E-state index is 0. The second-order valence-corrected chi connectivity index (χ2v) is 6.67. The van der Waals surface area contributed by atoms with E-state index in [1.807, 2.05) is 36.4 Å². The molecule has 2 aromatic rings. The molecule has 0 amide bonds. The Morgan fingerprint density at radius 2 is 1.67 bits per heavy atom. The maximum Gasteiger partial charge on any atom is 0.129 e. The zero-order valence-corrected chi connectivity index (χ0v) is 14.4. The molecule has 1 N–H and O–H groups in total. The fourth-order valence-corrected chi connectivity index (χ4v) is 3.94. The molecule has 2 aliphatic heterocycles. The van der Waals surface area contributed by atoms with E-state index < -0.39 is 0 Å². The highest BCUT2D eigenvalue weighted by Crippen LogP contribution is 2.31. The lowest BCUT2D eigenvalue weighted by molar-refractivity contribution is 0.00821. The van der Waals surface area contributed by atoms with Gasteiger partial charge in [-0.2, -0.15) is 0 Å². The first-order chi connectivity index (χ1) is 11.3. The third-order valence-electron chi connectivity index (χ3n) is 5.10. The molecule has 0 saturated carbocycles. The Hall–Kier alpha value is -1.42. The second-order valence-electron chi connectivity index (χ2n) is 6.67. The summed E-state index contributed by atoms with van der Waals surface area (Å²) in [6.07, 6.45) is 4.84. The lowest BCUT2D eigenvalue weighted by Gasteiger charge is -2.29. The van der Waals surface area contributed by atoms with Crippen molar-refractivity contribution in [1.82, 2.24) is 5.32 Å². The monoisotopic (exact) mass is 347 g/mol. The van der Waals surface area contributed by atoms with E-state index in [2.05, 4.69) is 5.32 Å². The fraction of sp³-hybridized carbons (Fsp3) is 0.400. The van der Waals surface area contributed by atoms with Gasteiger partial charge >= 0.3 is 0 Å². The van der Waals surface area contributed by atoms with Crippen LogP contribution >= 0.6 is 12.4 Å². The van der Waals surface area contributed by atoms with Crippen molar-refractivity contribution in [3.63, 3.8) is 0 Å². The fourth-order valence-electron chi connectivity index (χ4n) is 3.94. The number of fused-ring (bicyclic) bond motifs is 2. The van der Waals surface area contributed by atoms with Crippen molar-refractivity contribution in [2.24, 2.45) is 0 Å². The van der Waals surface area contributed by atoms with Crippen LogP contribution in [-0.2, 0) is 11.3 Å². The van der Waals surface area contributed by atoms with Crippen molar-refractivity contribution < 1.29 is 9.13 Å². The first-order valence-corrected chi connectivity index (χ1v) is 8.50. The lowest BCUT2D eigenvalue weighted by atomic mass is 9.99. The van der Waals surface area contributed by atoms with E-state index in [0.717, 1.165) is 24.0 Å². The molecule has 0 aromatic heterocycles. The van der Waals surface area contributed by atoms with Gasteiger partial charge in [0.15, 0.2) is 0 Å². The second kappa shape index (κ2) is 7.64. The molecule has 2 nitrogen and oxygen atoms in total. The van der Waals surface area contributed by atoms with Crippen LogP contribution in [0.2, 0.25) is 0 Å². The van der Waals surface area contributed by atoms with Gasteiger partial charge in [-0.05, 0) is 42.9 Å². The standard InChI is InChI=1S/C20H22FNO.ClH/c21-20-8-4-7-18(14-5-2-1-3-6-14)19(20)13-23-17-11-15-9-10-16(12-17)22-15;/h1-8,15-17,22H,9-13H2;1H/t15-,16+,17?;. The molecule has 0 aliphatic carbocycles. The number of hydrogen-bond donors (Lipinski definition) is 1. The third kappa shape index (κ3) is 3.64. The van der Waals surface area contributed by atoms with Crippen LogP contribution in [-0.4, -0.2) is 18.2 Å². The Morgan fingerprint density at radius 3 is 2.38 bits per heavy atom. The predicted molar refractivity (Wildman–Crippen MR) is 96.8 cm³/mol. The van der Waals surface area contributed by atoms with Crippen molar-refractivity contribution >= 4 is 12.4 Å². The number of nitrogens with one attached hydrogen (secondary N) is 1. The van der Waals surface area contributed by atoms with Gasteiger partial charge in [0.2, 0.25) is 0 Å². The number of benzene rings is 2. The maximum absolute atomic E-state index is 14.4. The molecule has 2 heterocycles. The molecule has 0 radical (unpaired) electrons. The zero-order valence-electron chi connectivity index (χ0n) is 13.6. The SMILES string of the molecule is Cl.Fc1cccc(-c2ccccc2)c1COC1C[C@H]2CC[C@@H](C1)N2. The van der Waals surface area contributed by atoms with Crippen molar-refractivity contribution in [1.29, 1.82) is 0 Å². The van der Waals surface area contributed by atoms with E-state index in [1.165, 1.54) is 18.9 Å². The summed E-state index contributed by atoms with van der Waals surface area (Å²) in [7, 11) is 0. The van der Waals surface area contributed by atoms with Gasteiger partial charge in [0, 0.05) is 17.6 Å². The Balaban J connectivity index is 0.00000169. The highest BCUT2D eigenvalue weighted by atomic mass is 35.5. The van der Waals surface area contributed by atoms with Crippen LogP contribution in [0.1, 0.15) is 31.2 Å². The first kappa shape index (κ1) is 17.4. The highest BCUT2D eigenvalue weighted by Gasteiger charge is 2.34. The van der Waals surface area contributed by atoms with E-state index in [4.69, 9.17) is 4.74 Å². The number of piperidine rings is 1. The predicted octanol–water partition coefficient (Wildman–Crippen LogP) is 4.71. The highest BCUT2D eigenvalue weighted by molar-refractivity contribution is 5.85. The Kier molecular flexibility index (Phi) is 5.54. The van der Waals surface area contributed by atoms with E-state index in [-0.39, 0.29) is 24.3 Å². The minimum Gasteiger partial charge on any atom is -0.373 e. The molecule has 2 aromatic carbocycles. The minimum atomic E-state index is -0.178.